The van der Waals surface area contributed by atoms with Crippen LogP contribution in [-0.4, -0.2) is 62.5 Å². The third kappa shape index (κ3) is 5.99. The highest BCUT2D eigenvalue weighted by atomic mass is 32.2. The Hall–Kier alpha value is -2.98. The summed E-state index contributed by atoms with van der Waals surface area (Å²) in [5, 5.41) is 5.59. The Kier molecular flexibility index (Phi) is 9.22. The zero-order valence-corrected chi connectivity index (χ0v) is 21.9. The average Bonchev–Trinajstić information content (AvgIpc) is 3.24. The van der Waals surface area contributed by atoms with Crippen LogP contribution in [0.1, 0.15) is 45.2 Å². The van der Waals surface area contributed by atoms with Crippen LogP contribution in [0.4, 0.5) is 0 Å². The van der Waals surface area contributed by atoms with Gasteiger partial charge in [-0.05, 0) is 43.9 Å². The molecule has 190 valence electrons. The molecule has 2 unspecified atom stereocenters. The van der Waals surface area contributed by atoms with Gasteiger partial charge in [-0.15, -0.1) is 0 Å². The van der Waals surface area contributed by atoms with Crippen LogP contribution in [0.15, 0.2) is 45.6 Å². The molecule has 1 aromatic rings. The number of carbonyl (C=O) groups is 2. The van der Waals surface area contributed by atoms with Crippen molar-refractivity contribution in [2.75, 3.05) is 34.5 Å². The van der Waals surface area contributed by atoms with E-state index in [1.54, 1.807) is 40.4 Å². The van der Waals surface area contributed by atoms with Crippen molar-refractivity contribution < 1.29 is 28.5 Å². The number of benzene rings is 1. The lowest BCUT2D eigenvalue weighted by Gasteiger charge is -2.37. The van der Waals surface area contributed by atoms with Crippen molar-refractivity contribution >= 4 is 28.8 Å². The van der Waals surface area contributed by atoms with Gasteiger partial charge in [-0.25, -0.2) is 9.79 Å². The highest BCUT2D eigenvalue weighted by Crippen LogP contribution is 2.47. The SMILES string of the molecule is CCC(C)NC(=O)CC1=CSC2=NC(C)=C(C(=O)OCCOC)C(c3cc(OC)ccc3OC)N12. The van der Waals surface area contributed by atoms with Crippen LogP contribution in [0, 0.1) is 0 Å². The maximum Gasteiger partial charge on any atom is 0.338 e. The van der Waals surface area contributed by atoms with Gasteiger partial charge in [0.15, 0.2) is 5.17 Å². The van der Waals surface area contributed by atoms with Gasteiger partial charge in [0, 0.05) is 24.4 Å². The molecule has 2 atom stereocenters. The number of ether oxygens (including phenoxy) is 4. The van der Waals surface area contributed by atoms with Crippen molar-refractivity contribution in [2.45, 2.75) is 45.7 Å². The zero-order chi connectivity index (χ0) is 25.5. The molecule has 0 radical (unpaired) electrons. The third-order valence-electron chi connectivity index (χ3n) is 5.83. The van der Waals surface area contributed by atoms with Crippen LogP contribution in [0.2, 0.25) is 0 Å². The maximum atomic E-state index is 13.3. The van der Waals surface area contributed by atoms with Crippen LogP contribution in [0.5, 0.6) is 11.5 Å². The van der Waals surface area contributed by atoms with E-state index < -0.39 is 12.0 Å². The quantitative estimate of drug-likeness (QED) is 0.360. The van der Waals surface area contributed by atoms with Crippen LogP contribution in [-0.2, 0) is 19.1 Å². The molecule has 0 saturated heterocycles. The largest absolute Gasteiger partial charge is 0.497 e. The van der Waals surface area contributed by atoms with Crippen LogP contribution < -0.4 is 14.8 Å². The number of thioether (sulfide) groups is 1. The third-order valence-corrected chi connectivity index (χ3v) is 6.72. The Morgan fingerprint density at radius 3 is 2.63 bits per heavy atom. The molecule has 0 saturated carbocycles. The molecular formula is C25H33N3O6S. The molecule has 1 N–H and O–H groups in total. The first-order valence-corrected chi connectivity index (χ1v) is 12.3. The van der Waals surface area contributed by atoms with Crippen molar-refractivity contribution in [1.29, 1.82) is 0 Å². The molecule has 2 aliphatic heterocycles. The molecule has 1 aromatic carbocycles. The number of amidine groups is 1. The van der Waals surface area contributed by atoms with E-state index in [4.69, 9.17) is 18.9 Å². The summed E-state index contributed by atoms with van der Waals surface area (Å²) in [5.41, 5.74) is 2.35. The van der Waals surface area contributed by atoms with E-state index in [1.165, 1.54) is 11.8 Å². The fraction of sp³-hybridized carbons (Fsp3) is 0.480. The lowest BCUT2D eigenvalue weighted by atomic mass is 9.92. The number of hydrogen-bond acceptors (Lipinski definition) is 9. The Bertz CT molecular complexity index is 1050. The highest BCUT2D eigenvalue weighted by Gasteiger charge is 2.42. The second-order valence-corrected chi connectivity index (χ2v) is 9.02. The molecule has 0 fully saturated rings. The van der Waals surface area contributed by atoms with Crippen molar-refractivity contribution in [2.24, 2.45) is 4.99 Å². The van der Waals surface area contributed by atoms with Gasteiger partial charge in [0.05, 0.1) is 44.6 Å². The van der Waals surface area contributed by atoms with Gasteiger partial charge in [-0.3, -0.25) is 4.79 Å². The Balaban J connectivity index is 2.07. The number of allylic oxidation sites excluding steroid dienone is 1. The minimum atomic E-state index is -0.625. The van der Waals surface area contributed by atoms with E-state index in [2.05, 4.69) is 10.3 Å². The van der Waals surface area contributed by atoms with Gasteiger partial charge < -0.3 is 29.2 Å². The predicted molar refractivity (Wildman–Crippen MR) is 135 cm³/mol. The first kappa shape index (κ1) is 26.6. The minimum absolute atomic E-state index is 0.0642. The molecule has 10 heteroatoms. The predicted octanol–water partition coefficient (Wildman–Crippen LogP) is 3.77. The molecule has 0 bridgehead atoms. The number of nitrogens with one attached hydrogen (secondary N) is 1. The second-order valence-electron chi connectivity index (χ2n) is 8.18. The normalized spacial score (nSPS) is 17.9. The monoisotopic (exact) mass is 503 g/mol. The van der Waals surface area contributed by atoms with Crippen molar-refractivity contribution in [3.63, 3.8) is 0 Å². The summed E-state index contributed by atoms with van der Waals surface area (Å²) in [5.74, 6) is 0.589. The smallest absolute Gasteiger partial charge is 0.338 e. The molecule has 0 aromatic heterocycles. The first-order chi connectivity index (χ1) is 16.8. The van der Waals surface area contributed by atoms with E-state index in [9.17, 15) is 9.59 Å². The van der Waals surface area contributed by atoms with E-state index in [0.717, 1.165) is 12.1 Å². The summed E-state index contributed by atoms with van der Waals surface area (Å²) in [7, 11) is 4.70. The number of esters is 1. The van der Waals surface area contributed by atoms with E-state index in [1.807, 2.05) is 30.2 Å². The maximum absolute atomic E-state index is 13.3. The molecule has 35 heavy (non-hydrogen) atoms. The Morgan fingerprint density at radius 2 is 1.97 bits per heavy atom. The number of carbonyl (C=O) groups excluding carboxylic acids is 2. The van der Waals surface area contributed by atoms with Crippen molar-refractivity contribution in [1.82, 2.24) is 10.2 Å². The molecule has 0 spiro atoms. The van der Waals surface area contributed by atoms with Gasteiger partial charge in [0.25, 0.3) is 0 Å². The molecule has 0 aliphatic carbocycles. The molecule has 3 rings (SSSR count). The molecule has 2 aliphatic rings. The average molecular weight is 504 g/mol. The summed E-state index contributed by atoms with van der Waals surface area (Å²) < 4.78 is 21.7. The number of hydrogen-bond donors (Lipinski definition) is 1. The van der Waals surface area contributed by atoms with Crippen LogP contribution >= 0.6 is 11.8 Å². The van der Waals surface area contributed by atoms with Gasteiger partial charge in [0.1, 0.15) is 18.1 Å². The Labute approximate surface area is 210 Å². The molecule has 9 nitrogen and oxygen atoms in total. The molecular weight excluding hydrogens is 470 g/mol. The van der Waals surface area contributed by atoms with Gasteiger partial charge in [-0.1, -0.05) is 18.7 Å². The summed E-state index contributed by atoms with van der Waals surface area (Å²) in [6.45, 7) is 6.16. The number of fused-ring (bicyclic) bond motifs is 1. The fourth-order valence-electron chi connectivity index (χ4n) is 3.87. The lowest BCUT2D eigenvalue weighted by molar-refractivity contribution is -0.141. The van der Waals surface area contributed by atoms with Crippen molar-refractivity contribution in [3.8, 4) is 11.5 Å². The summed E-state index contributed by atoms with van der Waals surface area (Å²) in [4.78, 5) is 32.7. The molecule has 1 amide bonds. The summed E-state index contributed by atoms with van der Waals surface area (Å²) in [6, 6.07) is 4.87. The number of amides is 1. The highest BCUT2D eigenvalue weighted by molar-refractivity contribution is 8.16. The summed E-state index contributed by atoms with van der Waals surface area (Å²) in [6.07, 6.45) is 0.975. The lowest BCUT2D eigenvalue weighted by Crippen LogP contribution is -2.39. The van der Waals surface area contributed by atoms with E-state index >= 15 is 0 Å². The topological polar surface area (TPSA) is 98.7 Å². The summed E-state index contributed by atoms with van der Waals surface area (Å²) >= 11 is 1.42. The minimum Gasteiger partial charge on any atom is -0.497 e. The second kappa shape index (κ2) is 12.1. The van der Waals surface area contributed by atoms with Crippen molar-refractivity contribution in [3.05, 3.63) is 46.1 Å². The zero-order valence-electron chi connectivity index (χ0n) is 21.0. The van der Waals surface area contributed by atoms with E-state index in [-0.39, 0.29) is 31.6 Å². The van der Waals surface area contributed by atoms with E-state index in [0.29, 0.717) is 33.5 Å². The van der Waals surface area contributed by atoms with Gasteiger partial charge >= 0.3 is 5.97 Å². The van der Waals surface area contributed by atoms with Crippen LogP contribution in [0.3, 0.4) is 0 Å². The Morgan fingerprint density at radius 1 is 1.20 bits per heavy atom. The number of rotatable bonds is 11. The number of methoxy groups -OCH3 is 3. The number of aliphatic imine (C=N–C) groups is 1. The molecule has 2 heterocycles. The van der Waals surface area contributed by atoms with Gasteiger partial charge in [-0.2, -0.15) is 0 Å². The van der Waals surface area contributed by atoms with Gasteiger partial charge in [0.2, 0.25) is 5.91 Å². The standard InChI is InChI=1S/C25H33N3O6S/c1-7-15(2)26-21(29)12-17-14-35-25-27-16(3)22(24(30)34-11-10-31-4)23(28(17)25)19-13-18(32-5)8-9-20(19)33-6/h8-9,13-15,23H,7,10-12H2,1-6H3,(H,26,29). The fourth-order valence-corrected chi connectivity index (χ4v) is 4.83. The first-order valence-electron chi connectivity index (χ1n) is 11.5. The number of nitrogens with zero attached hydrogens (tertiary/aromatic N) is 2. The van der Waals surface area contributed by atoms with Crippen LogP contribution in [0.25, 0.3) is 0 Å².